The SMILES string of the molecule is COC(=O)C(NC(C1CC1)C1CC1)c1ccccc1. The molecule has 1 aromatic carbocycles. The van der Waals surface area contributed by atoms with Crippen LogP contribution in [0.25, 0.3) is 0 Å². The third kappa shape index (κ3) is 2.98. The summed E-state index contributed by atoms with van der Waals surface area (Å²) in [5.41, 5.74) is 1.00. The highest BCUT2D eigenvalue weighted by Gasteiger charge is 2.43. The van der Waals surface area contributed by atoms with Gasteiger partial charge in [0.1, 0.15) is 6.04 Å². The maximum atomic E-state index is 12.0. The first kappa shape index (κ1) is 12.7. The lowest BCUT2D eigenvalue weighted by Gasteiger charge is -2.24. The van der Waals surface area contributed by atoms with E-state index in [-0.39, 0.29) is 12.0 Å². The summed E-state index contributed by atoms with van der Waals surface area (Å²) in [6.07, 6.45) is 5.21. The Hall–Kier alpha value is -1.35. The average molecular weight is 259 g/mol. The third-order valence-electron chi connectivity index (χ3n) is 4.19. The number of rotatable bonds is 6. The number of ether oxygens (including phenoxy) is 1. The molecule has 2 aliphatic carbocycles. The largest absolute Gasteiger partial charge is 0.468 e. The van der Waals surface area contributed by atoms with Crippen LogP contribution in [0, 0.1) is 11.8 Å². The van der Waals surface area contributed by atoms with Gasteiger partial charge in [-0.1, -0.05) is 30.3 Å². The summed E-state index contributed by atoms with van der Waals surface area (Å²) in [7, 11) is 1.46. The predicted octanol–water partition coefficient (Wildman–Crippen LogP) is 2.68. The molecule has 1 atom stereocenters. The first-order valence-corrected chi connectivity index (χ1v) is 7.18. The average Bonchev–Trinajstić information content (AvgIpc) is 3.32. The minimum Gasteiger partial charge on any atom is -0.468 e. The second-order valence-electron chi connectivity index (χ2n) is 5.73. The van der Waals surface area contributed by atoms with Crippen molar-refractivity contribution in [2.45, 2.75) is 37.8 Å². The van der Waals surface area contributed by atoms with Gasteiger partial charge in [-0.15, -0.1) is 0 Å². The van der Waals surface area contributed by atoms with Crippen LogP contribution >= 0.6 is 0 Å². The first-order valence-electron chi connectivity index (χ1n) is 7.18. The molecule has 0 spiro atoms. The van der Waals surface area contributed by atoms with Crippen molar-refractivity contribution in [2.75, 3.05) is 7.11 Å². The molecule has 3 heteroatoms. The zero-order valence-corrected chi connectivity index (χ0v) is 11.3. The topological polar surface area (TPSA) is 38.3 Å². The molecule has 0 saturated heterocycles. The summed E-state index contributed by atoms with van der Waals surface area (Å²) in [4.78, 5) is 12.0. The Kier molecular flexibility index (Phi) is 3.56. The lowest BCUT2D eigenvalue weighted by atomic mass is 10.0. The van der Waals surface area contributed by atoms with Crippen LogP contribution in [0.4, 0.5) is 0 Å². The normalized spacial score (nSPS) is 20.3. The molecule has 0 aromatic heterocycles. The van der Waals surface area contributed by atoms with E-state index in [0.29, 0.717) is 6.04 Å². The van der Waals surface area contributed by atoms with Gasteiger partial charge in [-0.05, 0) is 43.1 Å². The van der Waals surface area contributed by atoms with Gasteiger partial charge >= 0.3 is 5.97 Å². The van der Waals surface area contributed by atoms with Crippen molar-refractivity contribution < 1.29 is 9.53 Å². The van der Waals surface area contributed by atoms with Gasteiger partial charge in [0.05, 0.1) is 7.11 Å². The van der Waals surface area contributed by atoms with Crippen molar-refractivity contribution in [1.82, 2.24) is 5.32 Å². The molecule has 0 aliphatic heterocycles. The number of benzene rings is 1. The van der Waals surface area contributed by atoms with Crippen molar-refractivity contribution in [3.05, 3.63) is 35.9 Å². The molecular formula is C16H21NO2. The highest BCUT2D eigenvalue weighted by atomic mass is 16.5. The van der Waals surface area contributed by atoms with E-state index < -0.39 is 0 Å². The Bertz CT molecular complexity index is 425. The Morgan fingerprint density at radius 2 is 1.74 bits per heavy atom. The molecule has 0 amide bonds. The van der Waals surface area contributed by atoms with Gasteiger partial charge in [-0.3, -0.25) is 5.32 Å². The van der Waals surface area contributed by atoms with E-state index in [4.69, 9.17) is 4.74 Å². The van der Waals surface area contributed by atoms with Gasteiger partial charge in [-0.25, -0.2) is 4.79 Å². The summed E-state index contributed by atoms with van der Waals surface area (Å²) in [6.45, 7) is 0. The molecule has 1 N–H and O–H groups in total. The summed E-state index contributed by atoms with van der Waals surface area (Å²) < 4.78 is 4.97. The molecule has 0 radical (unpaired) electrons. The number of methoxy groups -OCH3 is 1. The molecule has 1 unspecified atom stereocenters. The predicted molar refractivity (Wildman–Crippen MR) is 73.6 cm³/mol. The Morgan fingerprint density at radius 1 is 1.16 bits per heavy atom. The van der Waals surface area contributed by atoms with E-state index >= 15 is 0 Å². The van der Waals surface area contributed by atoms with Crippen LogP contribution in [0.1, 0.15) is 37.3 Å². The minimum atomic E-state index is -0.322. The number of carbonyl (C=O) groups is 1. The number of carbonyl (C=O) groups excluding carboxylic acids is 1. The molecule has 0 heterocycles. The summed E-state index contributed by atoms with van der Waals surface area (Å²) in [6, 6.07) is 10.1. The van der Waals surface area contributed by atoms with Gasteiger partial charge in [-0.2, -0.15) is 0 Å². The standard InChI is InChI=1S/C16H21NO2/c1-19-16(18)15(11-5-3-2-4-6-11)17-14(12-7-8-12)13-9-10-13/h2-6,12-15,17H,7-10H2,1H3. The molecule has 2 fully saturated rings. The molecule has 2 aliphatic rings. The molecule has 102 valence electrons. The van der Waals surface area contributed by atoms with E-state index in [1.165, 1.54) is 32.8 Å². The fraction of sp³-hybridized carbons (Fsp3) is 0.562. The highest BCUT2D eigenvalue weighted by Crippen LogP contribution is 2.45. The maximum Gasteiger partial charge on any atom is 0.327 e. The van der Waals surface area contributed by atoms with E-state index in [1.54, 1.807) is 0 Å². The molecule has 1 aromatic rings. The summed E-state index contributed by atoms with van der Waals surface area (Å²) in [5.74, 6) is 1.35. The fourth-order valence-electron chi connectivity index (χ4n) is 2.82. The first-order chi connectivity index (χ1) is 9.29. The number of nitrogens with one attached hydrogen (secondary N) is 1. The van der Waals surface area contributed by atoms with Crippen LogP contribution in [-0.4, -0.2) is 19.1 Å². The van der Waals surface area contributed by atoms with E-state index in [2.05, 4.69) is 5.32 Å². The summed E-state index contributed by atoms with van der Waals surface area (Å²) in [5, 5.41) is 3.57. The Morgan fingerprint density at radius 3 is 2.21 bits per heavy atom. The van der Waals surface area contributed by atoms with Crippen LogP contribution < -0.4 is 5.32 Å². The van der Waals surface area contributed by atoms with Gasteiger partial charge in [0.2, 0.25) is 0 Å². The van der Waals surface area contributed by atoms with Crippen LogP contribution in [-0.2, 0) is 9.53 Å². The van der Waals surface area contributed by atoms with Gasteiger partial charge in [0, 0.05) is 6.04 Å². The molecule has 3 nitrogen and oxygen atoms in total. The minimum absolute atomic E-state index is 0.183. The molecule has 19 heavy (non-hydrogen) atoms. The lowest BCUT2D eigenvalue weighted by molar-refractivity contribution is -0.143. The van der Waals surface area contributed by atoms with Crippen molar-refractivity contribution in [2.24, 2.45) is 11.8 Å². The monoisotopic (exact) mass is 259 g/mol. The maximum absolute atomic E-state index is 12.0. The van der Waals surface area contributed by atoms with Crippen LogP contribution in [0.15, 0.2) is 30.3 Å². The zero-order valence-electron chi connectivity index (χ0n) is 11.3. The lowest BCUT2D eigenvalue weighted by Crippen LogP contribution is -2.40. The number of esters is 1. The van der Waals surface area contributed by atoms with Gasteiger partial charge in [0.25, 0.3) is 0 Å². The number of hydrogen-bond acceptors (Lipinski definition) is 3. The second kappa shape index (κ2) is 5.33. The van der Waals surface area contributed by atoms with E-state index in [9.17, 15) is 4.79 Å². The third-order valence-corrected chi connectivity index (χ3v) is 4.19. The molecular weight excluding hydrogens is 238 g/mol. The van der Waals surface area contributed by atoms with Crippen molar-refractivity contribution >= 4 is 5.97 Å². The van der Waals surface area contributed by atoms with Crippen molar-refractivity contribution in [3.63, 3.8) is 0 Å². The van der Waals surface area contributed by atoms with E-state index in [1.807, 2.05) is 30.3 Å². The zero-order chi connectivity index (χ0) is 13.2. The van der Waals surface area contributed by atoms with Crippen molar-refractivity contribution in [1.29, 1.82) is 0 Å². The Balaban J connectivity index is 1.76. The Labute approximate surface area is 114 Å². The van der Waals surface area contributed by atoms with E-state index in [0.717, 1.165) is 17.4 Å². The quantitative estimate of drug-likeness (QED) is 0.798. The smallest absolute Gasteiger partial charge is 0.327 e. The molecule has 2 saturated carbocycles. The van der Waals surface area contributed by atoms with Gasteiger partial charge in [0.15, 0.2) is 0 Å². The van der Waals surface area contributed by atoms with Crippen molar-refractivity contribution in [3.8, 4) is 0 Å². The van der Waals surface area contributed by atoms with Crippen LogP contribution in [0.3, 0.4) is 0 Å². The van der Waals surface area contributed by atoms with Gasteiger partial charge < -0.3 is 4.74 Å². The number of hydrogen-bond donors (Lipinski definition) is 1. The van der Waals surface area contributed by atoms with Crippen LogP contribution in [0.5, 0.6) is 0 Å². The highest BCUT2D eigenvalue weighted by molar-refractivity contribution is 5.77. The molecule has 0 bridgehead atoms. The molecule has 3 rings (SSSR count). The summed E-state index contributed by atoms with van der Waals surface area (Å²) >= 11 is 0. The van der Waals surface area contributed by atoms with Crippen LogP contribution in [0.2, 0.25) is 0 Å². The second-order valence-corrected chi connectivity index (χ2v) is 5.73. The fourth-order valence-corrected chi connectivity index (χ4v) is 2.82.